The van der Waals surface area contributed by atoms with Crippen LogP contribution in [0.5, 0.6) is 0 Å². The number of carboxylic acids is 1. The van der Waals surface area contributed by atoms with E-state index in [9.17, 15) is 9.59 Å². The number of anilines is 1. The highest BCUT2D eigenvalue weighted by Gasteiger charge is 2.29. The van der Waals surface area contributed by atoms with Crippen molar-refractivity contribution < 1.29 is 19.4 Å². The molecule has 0 bridgehead atoms. The molecule has 0 heterocycles. The van der Waals surface area contributed by atoms with Gasteiger partial charge >= 0.3 is 12.1 Å². The van der Waals surface area contributed by atoms with Crippen LogP contribution < -0.4 is 5.32 Å². The third-order valence-electron chi connectivity index (χ3n) is 4.79. The molecule has 0 saturated heterocycles. The SMILES string of the molecule is O=C(Nc1cc(C(=O)O)ccc1Cl)OCC1c2ccccc2-c2ccccc21. The summed E-state index contributed by atoms with van der Waals surface area (Å²) in [6, 6.07) is 20.2. The molecule has 4 rings (SSSR count). The maximum atomic E-state index is 12.3. The van der Waals surface area contributed by atoms with Gasteiger partial charge in [-0.05, 0) is 40.5 Å². The molecule has 1 aliphatic carbocycles. The van der Waals surface area contributed by atoms with Crippen molar-refractivity contribution in [2.24, 2.45) is 0 Å². The van der Waals surface area contributed by atoms with Crippen LogP contribution >= 0.6 is 11.6 Å². The molecule has 0 aliphatic heterocycles. The Kier molecular flexibility index (Phi) is 4.75. The molecule has 1 amide bonds. The molecular formula is C22H16ClNO4. The highest BCUT2D eigenvalue weighted by atomic mass is 35.5. The van der Waals surface area contributed by atoms with Gasteiger partial charge < -0.3 is 9.84 Å². The molecule has 0 unspecified atom stereocenters. The van der Waals surface area contributed by atoms with E-state index in [1.54, 1.807) is 0 Å². The van der Waals surface area contributed by atoms with Gasteiger partial charge in [-0.25, -0.2) is 9.59 Å². The van der Waals surface area contributed by atoms with Crippen LogP contribution in [0.3, 0.4) is 0 Å². The van der Waals surface area contributed by atoms with Crippen LogP contribution in [-0.4, -0.2) is 23.8 Å². The summed E-state index contributed by atoms with van der Waals surface area (Å²) >= 11 is 6.04. The number of halogens is 1. The summed E-state index contributed by atoms with van der Waals surface area (Å²) in [4.78, 5) is 23.4. The maximum absolute atomic E-state index is 12.3. The van der Waals surface area contributed by atoms with Crippen LogP contribution in [0.25, 0.3) is 11.1 Å². The van der Waals surface area contributed by atoms with Crippen LogP contribution in [0.2, 0.25) is 5.02 Å². The number of rotatable bonds is 4. The van der Waals surface area contributed by atoms with E-state index in [-0.39, 0.29) is 28.8 Å². The number of nitrogens with one attached hydrogen (secondary N) is 1. The van der Waals surface area contributed by atoms with Crippen LogP contribution in [0.15, 0.2) is 66.7 Å². The Morgan fingerprint density at radius 1 is 0.964 bits per heavy atom. The number of ether oxygens (including phenoxy) is 1. The van der Waals surface area contributed by atoms with Gasteiger partial charge in [-0.1, -0.05) is 60.1 Å². The molecule has 140 valence electrons. The van der Waals surface area contributed by atoms with E-state index in [2.05, 4.69) is 17.4 Å². The van der Waals surface area contributed by atoms with Crippen LogP contribution in [0.4, 0.5) is 10.5 Å². The minimum Gasteiger partial charge on any atom is -0.478 e. The van der Waals surface area contributed by atoms with Crippen molar-refractivity contribution >= 4 is 29.4 Å². The van der Waals surface area contributed by atoms with Crippen molar-refractivity contribution in [3.05, 3.63) is 88.4 Å². The highest BCUT2D eigenvalue weighted by Crippen LogP contribution is 2.44. The van der Waals surface area contributed by atoms with Crippen molar-refractivity contribution in [1.29, 1.82) is 0 Å². The van der Waals surface area contributed by atoms with E-state index in [0.717, 1.165) is 22.3 Å². The number of carboxylic acid groups (broad SMARTS) is 1. The molecule has 1 aliphatic rings. The van der Waals surface area contributed by atoms with Crippen molar-refractivity contribution in [2.45, 2.75) is 5.92 Å². The predicted molar refractivity (Wildman–Crippen MR) is 107 cm³/mol. The largest absolute Gasteiger partial charge is 0.478 e. The third-order valence-corrected chi connectivity index (χ3v) is 5.12. The number of carbonyl (C=O) groups is 2. The van der Waals surface area contributed by atoms with Crippen LogP contribution in [0.1, 0.15) is 27.4 Å². The second kappa shape index (κ2) is 7.37. The Hall–Kier alpha value is -3.31. The Bertz CT molecular complexity index is 1030. The van der Waals surface area contributed by atoms with Gasteiger partial charge in [0.05, 0.1) is 16.3 Å². The summed E-state index contributed by atoms with van der Waals surface area (Å²) in [5.74, 6) is -1.16. The number of aromatic carboxylic acids is 1. The zero-order chi connectivity index (χ0) is 19.7. The average Bonchev–Trinajstić information content (AvgIpc) is 3.02. The fourth-order valence-corrected chi connectivity index (χ4v) is 3.66. The minimum absolute atomic E-state index is 0.0262. The van der Waals surface area contributed by atoms with Gasteiger partial charge in [0.15, 0.2) is 0 Å². The predicted octanol–water partition coefficient (Wildman–Crippen LogP) is 5.40. The van der Waals surface area contributed by atoms with E-state index >= 15 is 0 Å². The summed E-state index contributed by atoms with van der Waals surface area (Å²) in [5.41, 5.74) is 4.73. The fourth-order valence-electron chi connectivity index (χ4n) is 3.50. The summed E-state index contributed by atoms with van der Waals surface area (Å²) in [5, 5.41) is 11.8. The number of carbonyl (C=O) groups excluding carboxylic acids is 1. The lowest BCUT2D eigenvalue weighted by atomic mass is 9.98. The van der Waals surface area contributed by atoms with Gasteiger partial charge in [0.25, 0.3) is 0 Å². The summed E-state index contributed by atoms with van der Waals surface area (Å²) < 4.78 is 5.44. The van der Waals surface area contributed by atoms with Crippen molar-refractivity contribution in [3.63, 3.8) is 0 Å². The minimum atomic E-state index is -1.10. The lowest BCUT2D eigenvalue weighted by molar-refractivity contribution is 0.0696. The van der Waals surface area contributed by atoms with E-state index in [0.29, 0.717) is 0 Å². The first-order valence-electron chi connectivity index (χ1n) is 8.69. The van der Waals surface area contributed by atoms with Crippen LogP contribution in [-0.2, 0) is 4.74 Å². The van der Waals surface area contributed by atoms with E-state index in [4.69, 9.17) is 21.4 Å². The lowest BCUT2D eigenvalue weighted by Crippen LogP contribution is -2.18. The Labute approximate surface area is 166 Å². The monoisotopic (exact) mass is 393 g/mol. The maximum Gasteiger partial charge on any atom is 0.411 e. The third kappa shape index (κ3) is 3.32. The van der Waals surface area contributed by atoms with Crippen molar-refractivity contribution in [3.8, 4) is 11.1 Å². The summed E-state index contributed by atoms with van der Waals surface area (Å²) in [6.07, 6.45) is -0.689. The molecule has 2 N–H and O–H groups in total. The second-order valence-corrected chi connectivity index (χ2v) is 6.86. The zero-order valence-electron chi connectivity index (χ0n) is 14.7. The normalized spacial score (nSPS) is 12.2. The van der Waals surface area contributed by atoms with E-state index in [1.807, 2.05) is 36.4 Å². The number of fused-ring (bicyclic) bond motifs is 3. The molecule has 0 fully saturated rings. The molecule has 0 spiro atoms. The number of amides is 1. The van der Waals surface area contributed by atoms with Gasteiger partial charge in [0.2, 0.25) is 0 Å². The van der Waals surface area contributed by atoms with E-state index < -0.39 is 12.1 Å². The van der Waals surface area contributed by atoms with Crippen molar-refractivity contribution in [1.82, 2.24) is 0 Å². The number of hydrogen-bond donors (Lipinski definition) is 2. The first-order valence-corrected chi connectivity index (χ1v) is 9.07. The highest BCUT2D eigenvalue weighted by molar-refractivity contribution is 6.33. The zero-order valence-corrected chi connectivity index (χ0v) is 15.4. The topological polar surface area (TPSA) is 75.6 Å². The standard InChI is InChI=1S/C22H16ClNO4/c23-19-10-9-13(21(25)26)11-20(19)24-22(27)28-12-18-16-7-3-1-5-14(16)15-6-2-4-8-17(15)18/h1-11,18H,12H2,(H,24,27)(H,25,26). The second-order valence-electron chi connectivity index (χ2n) is 6.45. The summed E-state index contributed by atoms with van der Waals surface area (Å²) in [6.45, 7) is 0.163. The van der Waals surface area contributed by atoms with Gasteiger partial charge in [-0.15, -0.1) is 0 Å². The van der Waals surface area contributed by atoms with Gasteiger partial charge in [0.1, 0.15) is 6.61 Å². The molecular weight excluding hydrogens is 378 g/mol. The quantitative estimate of drug-likeness (QED) is 0.622. The molecule has 3 aromatic carbocycles. The molecule has 28 heavy (non-hydrogen) atoms. The molecule has 0 atom stereocenters. The summed E-state index contributed by atoms with van der Waals surface area (Å²) in [7, 11) is 0. The first kappa shape index (κ1) is 18.1. The van der Waals surface area contributed by atoms with Crippen LogP contribution in [0, 0.1) is 0 Å². The molecule has 5 nitrogen and oxygen atoms in total. The van der Waals surface area contributed by atoms with E-state index in [1.165, 1.54) is 18.2 Å². The molecule has 6 heteroatoms. The number of hydrogen-bond acceptors (Lipinski definition) is 3. The lowest BCUT2D eigenvalue weighted by Gasteiger charge is -2.15. The first-order chi connectivity index (χ1) is 13.5. The van der Waals surface area contributed by atoms with Gasteiger partial charge in [-0.3, -0.25) is 5.32 Å². The Morgan fingerprint density at radius 2 is 1.57 bits per heavy atom. The molecule has 0 aromatic heterocycles. The smallest absolute Gasteiger partial charge is 0.411 e. The van der Waals surface area contributed by atoms with Crippen molar-refractivity contribution in [2.75, 3.05) is 11.9 Å². The Balaban J connectivity index is 1.50. The number of benzene rings is 3. The Morgan fingerprint density at radius 3 is 2.18 bits per heavy atom. The van der Waals surface area contributed by atoms with Gasteiger partial charge in [-0.2, -0.15) is 0 Å². The average molecular weight is 394 g/mol. The molecule has 0 radical (unpaired) electrons. The van der Waals surface area contributed by atoms with Gasteiger partial charge in [0, 0.05) is 5.92 Å². The molecule has 0 saturated carbocycles. The molecule has 3 aromatic rings. The fraction of sp³-hybridized carbons (Fsp3) is 0.0909.